The Morgan fingerprint density at radius 1 is 1.00 bits per heavy atom. The molecule has 0 saturated carbocycles. The number of phenolic OH excluding ortho intramolecular Hbond substituents is 1. The third-order valence-electron chi connectivity index (χ3n) is 3.88. The number of carboxylic acids is 2. The molecule has 0 bridgehead atoms. The van der Waals surface area contributed by atoms with Gasteiger partial charge in [-0.05, 0) is 29.3 Å². The molecule has 2 atom stereocenters. The molecule has 0 unspecified atom stereocenters. The first-order chi connectivity index (χ1) is 13.2. The average molecular weight is 386 g/mol. The molecule has 0 heterocycles. The number of aromatic hydroxyl groups is 1. The predicted molar refractivity (Wildman–Crippen MR) is 97.4 cm³/mol. The first-order valence-electron chi connectivity index (χ1n) is 8.12. The zero-order chi connectivity index (χ0) is 20.7. The number of phenols is 1. The summed E-state index contributed by atoms with van der Waals surface area (Å²) in [5, 5.41) is 38.5. The first kappa shape index (κ1) is 20.7. The number of carbonyl (C=O) groups is 3. The van der Waals surface area contributed by atoms with Crippen LogP contribution in [0.4, 0.5) is 0 Å². The molecule has 2 aromatic carbocycles. The van der Waals surface area contributed by atoms with Gasteiger partial charge in [0.25, 0.3) is 0 Å². The fourth-order valence-corrected chi connectivity index (χ4v) is 2.44. The van der Waals surface area contributed by atoms with Crippen molar-refractivity contribution < 1.29 is 39.5 Å². The molecular formula is C20H18O8. The largest absolute Gasteiger partial charge is 0.508 e. The normalized spacial score (nSPS) is 14.2. The molecule has 8 heteroatoms. The van der Waals surface area contributed by atoms with Gasteiger partial charge in [-0.15, -0.1) is 0 Å². The van der Waals surface area contributed by atoms with Crippen molar-refractivity contribution in [3.8, 4) is 5.75 Å². The van der Waals surface area contributed by atoms with E-state index in [1.54, 1.807) is 18.2 Å². The minimum absolute atomic E-state index is 0.0260. The van der Waals surface area contributed by atoms with Crippen LogP contribution in [-0.4, -0.2) is 50.0 Å². The predicted octanol–water partition coefficient (Wildman–Crippen LogP) is 1.46. The smallest absolute Gasteiger partial charge is 0.348 e. The Balaban J connectivity index is 2.21. The van der Waals surface area contributed by atoms with Crippen LogP contribution < -0.4 is 0 Å². The highest BCUT2D eigenvalue weighted by Gasteiger charge is 2.51. The van der Waals surface area contributed by atoms with Gasteiger partial charge in [-0.1, -0.05) is 42.5 Å². The number of esters is 1. The fraction of sp³-hybridized carbons (Fsp3) is 0.150. The fourth-order valence-electron chi connectivity index (χ4n) is 2.44. The summed E-state index contributed by atoms with van der Waals surface area (Å²) in [5.41, 5.74) is -2.00. The van der Waals surface area contributed by atoms with E-state index < -0.39 is 36.0 Å². The number of hydrogen-bond donors (Lipinski definition) is 4. The quantitative estimate of drug-likeness (QED) is 0.395. The molecule has 8 nitrogen and oxygen atoms in total. The SMILES string of the molecule is O=C(/C=C\c1ccc(O)cc1)O[C@H](C(=O)O)[C@](O)(Cc1ccccc1)C(=O)O. The standard InChI is InChI=1S/C20H18O8/c21-15-9-6-13(7-10-15)8-11-16(22)28-17(18(23)24)20(27,19(25)26)12-14-4-2-1-3-5-14/h1-11,17,21,27H,12H2,(H,23,24)(H,25,26)/b11-8-/t17-,20-/m1/s1. The van der Waals surface area contributed by atoms with E-state index >= 15 is 0 Å². The highest BCUT2D eigenvalue weighted by atomic mass is 16.6. The molecule has 2 rings (SSSR count). The molecule has 0 aliphatic heterocycles. The molecule has 0 amide bonds. The third-order valence-corrected chi connectivity index (χ3v) is 3.88. The lowest BCUT2D eigenvalue weighted by Gasteiger charge is -2.29. The molecule has 0 spiro atoms. The summed E-state index contributed by atoms with van der Waals surface area (Å²) in [6, 6.07) is 13.7. The number of hydrogen-bond acceptors (Lipinski definition) is 6. The van der Waals surface area contributed by atoms with Gasteiger partial charge in [0.05, 0.1) is 0 Å². The number of ether oxygens (including phenoxy) is 1. The summed E-state index contributed by atoms with van der Waals surface area (Å²) >= 11 is 0. The van der Waals surface area contributed by atoms with E-state index in [0.29, 0.717) is 11.1 Å². The maximum Gasteiger partial charge on any atom is 0.348 e. The van der Waals surface area contributed by atoms with Crippen LogP contribution in [0.2, 0.25) is 0 Å². The minimum Gasteiger partial charge on any atom is -0.508 e. The van der Waals surface area contributed by atoms with E-state index in [9.17, 15) is 34.8 Å². The van der Waals surface area contributed by atoms with Crippen LogP contribution in [0.25, 0.3) is 6.08 Å². The molecule has 28 heavy (non-hydrogen) atoms. The summed E-state index contributed by atoms with van der Waals surface area (Å²) in [5.74, 6) is -4.75. The minimum atomic E-state index is -2.87. The maximum absolute atomic E-state index is 12.0. The molecule has 0 radical (unpaired) electrons. The Bertz CT molecular complexity index is 873. The molecular weight excluding hydrogens is 368 g/mol. The lowest BCUT2D eigenvalue weighted by molar-refractivity contribution is -0.192. The van der Waals surface area contributed by atoms with E-state index in [-0.39, 0.29) is 5.75 Å². The van der Waals surface area contributed by atoms with Crippen molar-refractivity contribution in [3.05, 3.63) is 71.8 Å². The van der Waals surface area contributed by atoms with Crippen LogP contribution in [-0.2, 0) is 25.5 Å². The van der Waals surface area contributed by atoms with E-state index in [2.05, 4.69) is 0 Å². The number of rotatable bonds is 8. The molecule has 2 aromatic rings. The first-order valence-corrected chi connectivity index (χ1v) is 8.12. The van der Waals surface area contributed by atoms with Crippen LogP contribution in [0.5, 0.6) is 5.75 Å². The van der Waals surface area contributed by atoms with Crippen molar-refractivity contribution in [1.29, 1.82) is 0 Å². The molecule has 0 aliphatic carbocycles. The van der Waals surface area contributed by atoms with Crippen molar-refractivity contribution in [2.24, 2.45) is 0 Å². The van der Waals surface area contributed by atoms with Crippen molar-refractivity contribution >= 4 is 24.0 Å². The molecule has 0 aliphatic rings. The average Bonchev–Trinajstić information content (AvgIpc) is 2.66. The zero-order valence-electron chi connectivity index (χ0n) is 14.6. The Labute approximate surface area is 159 Å². The molecule has 0 saturated heterocycles. The molecule has 146 valence electrons. The Morgan fingerprint density at radius 2 is 1.61 bits per heavy atom. The van der Waals surface area contributed by atoms with Gasteiger partial charge >= 0.3 is 17.9 Å². The lowest BCUT2D eigenvalue weighted by Crippen LogP contribution is -2.56. The Morgan fingerprint density at radius 3 is 2.14 bits per heavy atom. The molecule has 0 aromatic heterocycles. The van der Waals surface area contributed by atoms with Gasteiger partial charge in [-0.25, -0.2) is 14.4 Å². The van der Waals surface area contributed by atoms with Crippen LogP contribution in [0, 0.1) is 0 Å². The Kier molecular flexibility index (Phi) is 6.51. The van der Waals surface area contributed by atoms with Gasteiger partial charge in [0, 0.05) is 12.5 Å². The second-order valence-corrected chi connectivity index (χ2v) is 5.97. The van der Waals surface area contributed by atoms with E-state index in [1.165, 1.54) is 42.5 Å². The highest BCUT2D eigenvalue weighted by molar-refractivity contribution is 5.92. The van der Waals surface area contributed by atoms with Gasteiger partial charge < -0.3 is 25.2 Å². The van der Waals surface area contributed by atoms with Crippen LogP contribution >= 0.6 is 0 Å². The monoisotopic (exact) mass is 386 g/mol. The van der Waals surface area contributed by atoms with Gasteiger partial charge in [0.15, 0.2) is 0 Å². The van der Waals surface area contributed by atoms with E-state index in [4.69, 9.17) is 4.74 Å². The zero-order valence-corrected chi connectivity index (χ0v) is 14.6. The van der Waals surface area contributed by atoms with E-state index in [0.717, 1.165) is 6.08 Å². The molecule has 4 N–H and O–H groups in total. The summed E-state index contributed by atoms with van der Waals surface area (Å²) in [7, 11) is 0. The van der Waals surface area contributed by atoms with Gasteiger partial charge in [-0.3, -0.25) is 0 Å². The van der Waals surface area contributed by atoms with E-state index in [1.807, 2.05) is 0 Å². The third kappa shape index (κ3) is 5.18. The second-order valence-electron chi connectivity index (χ2n) is 5.97. The number of carbonyl (C=O) groups excluding carboxylic acids is 1. The maximum atomic E-state index is 12.0. The van der Waals surface area contributed by atoms with Gasteiger partial charge in [0.1, 0.15) is 5.75 Å². The van der Waals surface area contributed by atoms with Crippen molar-refractivity contribution in [2.45, 2.75) is 18.1 Å². The van der Waals surface area contributed by atoms with Gasteiger partial charge in [0.2, 0.25) is 11.7 Å². The van der Waals surface area contributed by atoms with Crippen LogP contribution in [0.3, 0.4) is 0 Å². The van der Waals surface area contributed by atoms with Crippen LogP contribution in [0.1, 0.15) is 11.1 Å². The number of benzene rings is 2. The second kappa shape index (κ2) is 8.83. The van der Waals surface area contributed by atoms with Crippen molar-refractivity contribution in [2.75, 3.05) is 0 Å². The summed E-state index contributed by atoms with van der Waals surface area (Å²) in [6.07, 6.45) is -0.720. The summed E-state index contributed by atoms with van der Waals surface area (Å²) in [4.78, 5) is 35.1. The van der Waals surface area contributed by atoms with Crippen molar-refractivity contribution in [1.82, 2.24) is 0 Å². The van der Waals surface area contributed by atoms with Crippen LogP contribution in [0.15, 0.2) is 60.7 Å². The number of carboxylic acid groups (broad SMARTS) is 2. The summed E-state index contributed by atoms with van der Waals surface area (Å²) < 4.78 is 4.75. The highest BCUT2D eigenvalue weighted by Crippen LogP contribution is 2.22. The van der Waals surface area contributed by atoms with Crippen molar-refractivity contribution in [3.63, 3.8) is 0 Å². The number of aliphatic carboxylic acids is 2. The topological polar surface area (TPSA) is 141 Å². The lowest BCUT2D eigenvalue weighted by atomic mass is 9.88. The number of aliphatic hydroxyl groups is 1. The van der Waals surface area contributed by atoms with Gasteiger partial charge in [-0.2, -0.15) is 0 Å². The molecule has 0 fully saturated rings. The Hall–Kier alpha value is -3.65. The summed E-state index contributed by atoms with van der Waals surface area (Å²) in [6.45, 7) is 0.